The second-order valence-electron chi connectivity index (χ2n) is 11.5. The first-order valence-corrected chi connectivity index (χ1v) is 16.8. The molecular weight excluding hydrogens is 635 g/mol. The van der Waals surface area contributed by atoms with Crippen molar-refractivity contribution in [1.82, 2.24) is 19.8 Å². The van der Waals surface area contributed by atoms with Crippen LogP contribution in [0.25, 0.3) is 10.1 Å². The van der Waals surface area contributed by atoms with Gasteiger partial charge in [-0.2, -0.15) is 4.72 Å². The molecule has 2 aromatic carbocycles. The molecule has 2 aliphatic rings. The van der Waals surface area contributed by atoms with Crippen LogP contribution in [-0.2, 0) is 19.6 Å². The third-order valence-electron chi connectivity index (χ3n) is 8.03. The molecule has 0 aliphatic carbocycles. The van der Waals surface area contributed by atoms with E-state index in [9.17, 15) is 27.9 Å². The minimum absolute atomic E-state index is 0.121. The number of fused-ring (bicyclic) bond motifs is 2. The first kappa shape index (κ1) is 31.7. The van der Waals surface area contributed by atoms with Gasteiger partial charge in [0.2, 0.25) is 21.8 Å². The van der Waals surface area contributed by atoms with Crippen molar-refractivity contribution >= 4 is 72.4 Å². The lowest BCUT2D eigenvalue weighted by Crippen LogP contribution is -2.89. The summed E-state index contributed by atoms with van der Waals surface area (Å²) in [5, 5.41) is 13.9. The van der Waals surface area contributed by atoms with Crippen molar-refractivity contribution in [3.05, 3.63) is 63.5 Å². The molecule has 3 heterocycles. The Bertz CT molecular complexity index is 1660. The largest absolute Gasteiger partial charge is 0.394 e. The Morgan fingerprint density at radius 2 is 1.81 bits per heavy atom. The zero-order chi connectivity index (χ0) is 31.3. The Morgan fingerprint density at radius 1 is 1.09 bits per heavy atom. The number of aliphatic hydroxyl groups excluding tert-OH is 1. The second-order valence-corrected chi connectivity index (χ2v) is 15.1. The van der Waals surface area contributed by atoms with E-state index in [1.165, 1.54) is 34.4 Å². The molecule has 5 rings (SSSR count). The number of carbonyl (C=O) groups is 3. The topological polar surface area (TPSA) is 136 Å². The Balaban J connectivity index is 1.25. The number of piperazine rings is 1. The van der Waals surface area contributed by atoms with Gasteiger partial charge in [0.1, 0.15) is 17.0 Å². The molecule has 2 aliphatic heterocycles. The molecule has 2 unspecified atom stereocenters. The van der Waals surface area contributed by atoms with E-state index < -0.39 is 40.2 Å². The molecule has 0 saturated carbocycles. The predicted octanol–water partition coefficient (Wildman–Crippen LogP) is 3.50. The van der Waals surface area contributed by atoms with Gasteiger partial charge in [0, 0.05) is 22.8 Å². The summed E-state index contributed by atoms with van der Waals surface area (Å²) in [5.41, 5.74) is -0.678. The number of likely N-dealkylation sites (tertiary alicyclic amines) is 2. The van der Waals surface area contributed by atoms with Crippen molar-refractivity contribution in [2.24, 2.45) is 5.92 Å². The predicted molar refractivity (Wildman–Crippen MR) is 166 cm³/mol. The van der Waals surface area contributed by atoms with E-state index in [-0.39, 0.29) is 51.8 Å². The number of rotatable bonds is 10. The smallest absolute Gasteiger partial charge is 0.262 e. The summed E-state index contributed by atoms with van der Waals surface area (Å²) in [6.45, 7) is 5.41. The first-order valence-electron chi connectivity index (χ1n) is 13.7. The van der Waals surface area contributed by atoms with Gasteiger partial charge in [0.25, 0.3) is 5.91 Å². The molecule has 230 valence electrons. The highest BCUT2D eigenvalue weighted by Crippen LogP contribution is 2.45. The number of benzene rings is 2. The summed E-state index contributed by atoms with van der Waals surface area (Å²) in [4.78, 5) is 43.6. The molecule has 10 nitrogen and oxygen atoms in total. The standard InChI is InChI=1S/C29H32Cl2N4O6S2/c1-16(2)10-20(32-26(37)23-11-17-6-4-5-7-22(17)42-23)28(39)35-13-25-29(35,3)15-34(25)27(38)21(14-36)33-43(40,41)24-9-8-18(30)12-19(24)31/h4-9,11-12,16,20-21,25,33,36H,10,13-15H2,1-3H3,(H,32,37)/t20?,21-,25-,29?/m1/s1. The molecule has 2 fully saturated rings. The molecule has 1 aromatic heterocycles. The lowest BCUT2D eigenvalue weighted by Gasteiger charge is -2.69. The van der Waals surface area contributed by atoms with Gasteiger partial charge in [0.15, 0.2) is 0 Å². The van der Waals surface area contributed by atoms with Crippen molar-refractivity contribution in [2.45, 2.75) is 55.8 Å². The molecule has 14 heteroatoms. The summed E-state index contributed by atoms with van der Waals surface area (Å²) in [6.07, 6.45) is 0.441. The molecule has 4 atom stereocenters. The van der Waals surface area contributed by atoms with Gasteiger partial charge in [-0.1, -0.05) is 55.2 Å². The number of thiophene rings is 1. The average molecular weight is 668 g/mol. The lowest BCUT2D eigenvalue weighted by molar-refractivity contribution is -0.207. The Labute approximate surface area is 264 Å². The molecule has 0 bridgehead atoms. The Morgan fingerprint density at radius 3 is 2.42 bits per heavy atom. The van der Waals surface area contributed by atoms with Crippen molar-refractivity contribution < 1.29 is 27.9 Å². The fourth-order valence-electron chi connectivity index (χ4n) is 5.70. The molecular formula is C29H32Cl2N4O6S2. The number of hydrogen-bond acceptors (Lipinski definition) is 7. The quantitative estimate of drug-likeness (QED) is 0.303. The Kier molecular flexibility index (Phi) is 8.83. The molecule has 3 amide bonds. The molecule has 0 radical (unpaired) electrons. The summed E-state index contributed by atoms with van der Waals surface area (Å²) in [5.74, 6) is -1.02. The highest BCUT2D eigenvalue weighted by molar-refractivity contribution is 7.89. The fourth-order valence-corrected chi connectivity index (χ4v) is 8.62. The van der Waals surface area contributed by atoms with Crippen LogP contribution >= 0.6 is 34.5 Å². The van der Waals surface area contributed by atoms with Crippen LogP contribution in [0.4, 0.5) is 0 Å². The van der Waals surface area contributed by atoms with Crippen LogP contribution in [0.5, 0.6) is 0 Å². The maximum absolute atomic E-state index is 13.7. The van der Waals surface area contributed by atoms with Gasteiger partial charge >= 0.3 is 0 Å². The zero-order valence-corrected chi connectivity index (χ0v) is 26.9. The number of nitrogens with zero attached hydrogens (tertiary/aromatic N) is 2. The number of amides is 3. The molecule has 0 spiro atoms. The van der Waals surface area contributed by atoms with Gasteiger partial charge in [-0.05, 0) is 55.0 Å². The molecule has 3 aromatic rings. The lowest BCUT2D eigenvalue weighted by atomic mass is 9.71. The highest BCUT2D eigenvalue weighted by Gasteiger charge is 2.65. The minimum Gasteiger partial charge on any atom is -0.394 e. The van der Waals surface area contributed by atoms with Crippen molar-refractivity contribution in [3.63, 3.8) is 0 Å². The van der Waals surface area contributed by atoms with Crippen molar-refractivity contribution in [2.75, 3.05) is 19.7 Å². The van der Waals surface area contributed by atoms with Gasteiger partial charge in [0.05, 0.1) is 28.1 Å². The number of aliphatic hydroxyl groups is 1. The van der Waals surface area contributed by atoms with E-state index in [0.29, 0.717) is 11.3 Å². The summed E-state index contributed by atoms with van der Waals surface area (Å²) in [6, 6.07) is 10.8. The molecule has 2 saturated heterocycles. The monoisotopic (exact) mass is 666 g/mol. The van der Waals surface area contributed by atoms with Gasteiger partial charge in [-0.15, -0.1) is 11.3 Å². The normalized spacial score (nSPS) is 21.1. The maximum Gasteiger partial charge on any atom is 0.262 e. The number of sulfonamides is 1. The van der Waals surface area contributed by atoms with Crippen molar-refractivity contribution in [1.29, 1.82) is 0 Å². The van der Waals surface area contributed by atoms with E-state index >= 15 is 0 Å². The van der Waals surface area contributed by atoms with Crippen LogP contribution in [0.3, 0.4) is 0 Å². The number of carbonyl (C=O) groups excluding carboxylic acids is 3. The van der Waals surface area contributed by atoms with Crippen molar-refractivity contribution in [3.8, 4) is 0 Å². The highest BCUT2D eigenvalue weighted by atomic mass is 35.5. The Hall–Kier alpha value is -2.74. The number of halogens is 2. The summed E-state index contributed by atoms with van der Waals surface area (Å²) >= 11 is 13.3. The van der Waals surface area contributed by atoms with Crippen LogP contribution < -0.4 is 10.0 Å². The van der Waals surface area contributed by atoms with E-state index in [2.05, 4.69) is 10.0 Å². The fraction of sp³-hybridized carbons (Fsp3) is 0.414. The SMILES string of the molecule is CC(C)CC(NC(=O)c1cc2ccccc2s1)C(=O)N1C[C@H]2N(C(=O)[C@@H](CO)NS(=O)(=O)c3ccc(Cl)cc3Cl)CC21C. The van der Waals surface area contributed by atoms with E-state index in [4.69, 9.17) is 23.2 Å². The summed E-state index contributed by atoms with van der Waals surface area (Å²) in [7, 11) is -4.25. The second kappa shape index (κ2) is 12.0. The van der Waals surface area contributed by atoms with Crippen LogP contribution in [0.15, 0.2) is 53.4 Å². The van der Waals surface area contributed by atoms with E-state index in [1.807, 2.05) is 51.1 Å². The van der Waals surface area contributed by atoms with Gasteiger partial charge in [-0.3, -0.25) is 14.4 Å². The third kappa shape index (κ3) is 6.01. The van der Waals surface area contributed by atoms with Gasteiger partial charge < -0.3 is 20.2 Å². The van der Waals surface area contributed by atoms with Crippen LogP contribution in [0.1, 0.15) is 36.9 Å². The summed E-state index contributed by atoms with van der Waals surface area (Å²) < 4.78 is 29.1. The number of hydrogen-bond donors (Lipinski definition) is 3. The molecule has 43 heavy (non-hydrogen) atoms. The van der Waals surface area contributed by atoms with E-state index in [1.54, 1.807) is 4.90 Å². The minimum atomic E-state index is -4.25. The molecule has 3 N–H and O–H groups in total. The maximum atomic E-state index is 13.7. The number of nitrogens with one attached hydrogen (secondary N) is 2. The van der Waals surface area contributed by atoms with E-state index in [0.717, 1.165) is 10.1 Å². The van der Waals surface area contributed by atoms with Crippen LogP contribution in [0.2, 0.25) is 10.0 Å². The van der Waals surface area contributed by atoms with Gasteiger partial charge in [-0.25, -0.2) is 8.42 Å². The van der Waals surface area contributed by atoms with Crippen LogP contribution in [0, 0.1) is 5.92 Å². The average Bonchev–Trinajstić information content (AvgIpc) is 3.38. The third-order valence-corrected chi connectivity index (χ3v) is 11.3. The van der Waals surface area contributed by atoms with Crippen LogP contribution in [-0.4, -0.2) is 84.4 Å². The first-order chi connectivity index (χ1) is 20.2. The zero-order valence-electron chi connectivity index (χ0n) is 23.7.